The summed E-state index contributed by atoms with van der Waals surface area (Å²) in [4.78, 5) is 1.22. The van der Waals surface area contributed by atoms with Crippen molar-refractivity contribution in [1.82, 2.24) is 0 Å². The lowest BCUT2D eigenvalue weighted by molar-refractivity contribution is 0.466. The van der Waals surface area contributed by atoms with Crippen molar-refractivity contribution in [3.63, 3.8) is 0 Å². The third-order valence-corrected chi connectivity index (χ3v) is 3.69. The first-order valence-electron chi connectivity index (χ1n) is 4.49. The molecule has 70 valence electrons. The maximum atomic E-state index is 9.57. The van der Waals surface area contributed by atoms with Crippen molar-refractivity contribution in [2.45, 2.75) is 23.0 Å². The van der Waals surface area contributed by atoms with Crippen molar-refractivity contribution in [3.05, 3.63) is 23.8 Å². The Bertz CT molecular complexity index is 314. The van der Waals surface area contributed by atoms with Crippen LogP contribution in [0.4, 0.5) is 0 Å². The van der Waals surface area contributed by atoms with E-state index in [1.165, 1.54) is 4.90 Å². The zero-order valence-electron chi connectivity index (χ0n) is 7.36. The summed E-state index contributed by atoms with van der Waals surface area (Å²) < 4.78 is 0. The molecule has 1 aromatic rings. The van der Waals surface area contributed by atoms with Gasteiger partial charge in [0.05, 0.1) is 0 Å². The summed E-state index contributed by atoms with van der Waals surface area (Å²) in [5.41, 5.74) is 6.61. The molecule has 1 atom stereocenters. The summed E-state index contributed by atoms with van der Waals surface area (Å²) in [6.45, 7) is 0.729. The second kappa shape index (κ2) is 3.60. The highest BCUT2D eigenvalue weighted by Gasteiger charge is 2.23. The highest BCUT2D eigenvalue weighted by Crippen LogP contribution is 2.41. The van der Waals surface area contributed by atoms with E-state index in [9.17, 15) is 5.11 Å². The fraction of sp³-hybridized carbons (Fsp3) is 0.400. The van der Waals surface area contributed by atoms with Crippen LogP contribution in [0.5, 0.6) is 5.75 Å². The van der Waals surface area contributed by atoms with Gasteiger partial charge in [-0.05, 0) is 31.5 Å². The number of phenolic OH excluding ortho intramolecular Hbond substituents is 1. The Balaban J connectivity index is 2.20. The molecule has 3 N–H and O–H groups in total. The van der Waals surface area contributed by atoms with Crippen molar-refractivity contribution < 1.29 is 5.11 Å². The van der Waals surface area contributed by atoms with E-state index in [-0.39, 0.29) is 0 Å². The summed E-state index contributed by atoms with van der Waals surface area (Å²) >= 11 is 1.83. The minimum atomic E-state index is 0.435. The molecule has 0 bridgehead atoms. The Morgan fingerprint density at radius 3 is 3.08 bits per heavy atom. The molecular weight excluding hydrogens is 182 g/mol. The Kier molecular flexibility index (Phi) is 2.47. The lowest BCUT2D eigenvalue weighted by Gasteiger charge is -2.03. The van der Waals surface area contributed by atoms with Crippen LogP contribution in [0.15, 0.2) is 23.1 Å². The molecule has 0 fully saturated rings. The van der Waals surface area contributed by atoms with Crippen LogP contribution in [-0.4, -0.2) is 16.9 Å². The molecule has 0 saturated heterocycles. The minimum absolute atomic E-state index is 0.435. The number of hydrogen-bond acceptors (Lipinski definition) is 3. The monoisotopic (exact) mass is 195 g/mol. The van der Waals surface area contributed by atoms with Crippen LogP contribution in [0.3, 0.4) is 0 Å². The van der Waals surface area contributed by atoms with Crippen LogP contribution < -0.4 is 5.73 Å². The van der Waals surface area contributed by atoms with Gasteiger partial charge in [-0.1, -0.05) is 6.07 Å². The van der Waals surface area contributed by atoms with Crippen LogP contribution in [0.1, 0.15) is 12.0 Å². The lowest BCUT2D eigenvalue weighted by atomic mass is 10.1. The molecule has 0 aliphatic carbocycles. The number of rotatable bonds is 2. The molecule has 1 aromatic carbocycles. The van der Waals surface area contributed by atoms with Crippen molar-refractivity contribution in [3.8, 4) is 5.75 Å². The average Bonchev–Trinajstić information content (AvgIpc) is 2.49. The second-order valence-corrected chi connectivity index (χ2v) is 4.62. The number of fused-ring (bicyclic) bond motifs is 1. The smallest absolute Gasteiger partial charge is 0.119 e. The van der Waals surface area contributed by atoms with Gasteiger partial charge in [0.15, 0.2) is 0 Å². The van der Waals surface area contributed by atoms with Gasteiger partial charge in [-0.15, -0.1) is 11.8 Å². The highest BCUT2D eigenvalue weighted by molar-refractivity contribution is 8.00. The maximum absolute atomic E-state index is 9.57. The van der Waals surface area contributed by atoms with E-state index in [1.54, 1.807) is 6.07 Å². The van der Waals surface area contributed by atoms with Gasteiger partial charge in [0.2, 0.25) is 0 Å². The van der Waals surface area contributed by atoms with E-state index in [4.69, 9.17) is 5.73 Å². The van der Waals surface area contributed by atoms with Crippen molar-refractivity contribution in [2.24, 2.45) is 5.73 Å². The van der Waals surface area contributed by atoms with Gasteiger partial charge in [0, 0.05) is 15.7 Å². The quantitative estimate of drug-likeness (QED) is 0.756. The predicted molar refractivity (Wildman–Crippen MR) is 55.1 cm³/mol. The van der Waals surface area contributed by atoms with Gasteiger partial charge in [0.1, 0.15) is 5.75 Å². The average molecular weight is 195 g/mol. The second-order valence-electron chi connectivity index (χ2n) is 3.28. The van der Waals surface area contributed by atoms with Gasteiger partial charge in [-0.2, -0.15) is 0 Å². The van der Waals surface area contributed by atoms with Crippen molar-refractivity contribution >= 4 is 11.8 Å². The molecule has 1 aliphatic heterocycles. The van der Waals surface area contributed by atoms with Crippen LogP contribution in [0.2, 0.25) is 0 Å². The van der Waals surface area contributed by atoms with Crippen LogP contribution in [0, 0.1) is 0 Å². The Morgan fingerprint density at radius 2 is 2.38 bits per heavy atom. The zero-order chi connectivity index (χ0) is 9.26. The van der Waals surface area contributed by atoms with Crippen molar-refractivity contribution in [1.29, 1.82) is 0 Å². The molecule has 0 amide bonds. The fourth-order valence-corrected chi connectivity index (χ4v) is 3.02. The van der Waals surface area contributed by atoms with E-state index in [2.05, 4.69) is 6.07 Å². The molecule has 2 rings (SSSR count). The molecule has 1 aliphatic rings. The number of nitrogens with two attached hydrogens (primary N) is 1. The number of phenols is 1. The molecule has 2 nitrogen and oxygen atoms in total. The molecule has 3 heteroatoms. The summed E-state index contributed by atoms with van der Waals surface area (Å²) in [6, 6.07) is 5.71. The van der Waals surface area contributed by atoms with Gasteiger partial charge < -0.3 is 10.8 Å². The zero-order valence-corrected chi connectivity index (χ0v) is 8.18. The van der Waals surface area contributed by atoms with E-state index < -0.39 is 0 Å². The van der Waals surface area contributed by atoms with Gasteiger partial charge in [-0.3, -0.25) is 0 Å². The van der Waals surface area contributed by atoms with Gasteiger partial charge >= 0.3 is 0 Å². The third-order valence-electron chi connectivity index (χ3n) is 2.32. The Labute approximate surface area is 82.1 Å². The summed E-state index contributed by atoms with van der Waals surface area (Å²) in [5.74, 6) is 0.435. The van der Waals surface area contributed by atoms with Gasteiger partial charge in [0.25, 0.3) is 0 Å². The molecule has 0 aromatic heterocycles. The minimum Gasteiger partial charge on any atom is -0.508 e. The first-order chi connectivity index (χ1) is 6.31. The molecule has 0 spiro atoms. The largest absolute Gasteiger partial charge is 0.508 e. The molecule has 1 heterocycles. The topological polar surface area (TPSA) is 46.2 Å². The van der Waals surface area contributed by atoms with E-state index in [1.807, 2.05) is 17.8 Å². The van der Waals surface area contributed by atoms with Gasteiger partial charge in [-0.25, -0.2) is 0 Å². The summed E-state index contributed by atoms with van der Waals surface area (Å²) in [7, 11) is 0. The molecule has 0 saturated carbocycles. The summed E-state index contributed by atoms with van der Waals surface area (Å²) in [6.07, 6.45) is 1.99. The Morgan fingerprint density at radius 1 is 1.54 bits per heavy atom. The predicted octanol–water partition coefficient (Wildman–Crippen LogP) is 1.76. The van der Waals surface area contributed by atoms with E-state index in [0.29, 0.717) is 11.0 Å². The third kappa shape index (κ3) is 1.67. The van der Waals surface area contributed by atoms with Crippen LogP contribution in [-0.2, 0) is 6.42 Å². The van der Waals surface area contributed by atoms with Crippen molar-refractivity contribution in [2.75, 3.05) is 6.54 Å². The van der Waals surface area contributed by atoms with Crippen LogP contribution >= 0.6 is 11.8 Å². The standard InChI is InChI=1S/C10H13NOS/c11-5-4-7-6-8-9(12)2-1-3-10(8)13-7/h1-3,7,12H,4-6,11H2. The molecule has 1 unspecified atom stereocenters. The SMILES string of the molecule is NCCC1Cc2c(O)cccc2S1. The first kappa shape index (κ1) is 8.91. The fourth-order valence-electron chi connectivity index (χ4n) is 1.67. The summed E-state index contributed by atoms with van der Waals surface area (Å²) in [5, 5.41) is 10.1. The Hall–Kier alpha value is -0.670. The number of benzene rings is 1. The normalized spacial score (nSPS) is 20.2. The number of hydrogen-bond donors (Lipinski definition) is 2. The van der Waals surface area contributed by atoms with E-state index in [0.717, 1.165) is 24.9 Å². The van der Waals surface area contributed by atoms with Crippen LogP contribution in [0.25, 0.3) is 0 Å². The molecule has 13 heavy (non-hydrogen) atoms. The van der Waals surface area contributed by atoms with E-state index >= 15 is 0 Å². The number of thioether (sulfide) groups is 1. The maximum Gasteiger partial charge on any atom is 0.119 e. The number of aromatic hydroxyl groups is 1. The molecular formula is C10H13NOS. The highest BCUT2D eigenvalue weighted by atomic mass is 32.2. The first-order valence-corrected chi connectivity index (χ1v) is 5.37. The molecule has 0 radical (unpaired) electrons. The lowest BCUT2D eigenvalue weighted by Crippen LogP contribution is -2.09.